The van der Waals surface area contributed by atoms with Crippen LogP contribution in [0.25, 0.3) is 0 Å². The lowest BCUT2D eigenvalue weighted by Crippen LogP contribution is -2.32. The molecule has 2 aliphatic rings. The van der Waals surface area contributed by atoms with Crippen LogP contribution in [0.3, 0.4) is 0 Å². The fourth-order valence-corrected chi connectivity index (χ4v) is 3.75. The summed E-state index contributed by atoms with van der Waals surface area (Å²) in [6, 6.07) is 6.50. The normalized spacial score (nSPS) is 30.6. The maximum absolute atomic E-state index is 6.11. The van der Waals surface area contributed by atoms with E-state index >= 15 is 0 Å². The first-order valence-electron chi connectivity index (χ1n) is 6.96. The maximum atomic E-state index is 6.11. The Hall–Kier alpha value is -0.770. The predicted octanol–water partition coefficient (Wildman–Crippen LogP) is 2.39. The van der Waals surface area contributed by atoms with Gasteiger partial charge in [-0.25, -0.2) is 0 Å². The fraction of sp³-hybridized carbons (Fsp3) is 0.600. The second-order valence-electron chi connectivity index (χ2n) is 5.71. The quantitative estimate of drug-likeness (QED) is 0.920. The molecule has 0 aliphatic carbocycles. The Balaban J connectivity index is 1.77. The van der Waals surface area contributed by atoms with Gasteiger partial charge >= 0.3 is 0 Å². The molecule has 0 amide bonds. The van der Waals surface area contributed by atoms with Crippen LogP contribution in [-0.2, 0) is 6.54 Å². The number of benzene rings is 1. The zero-order valence-electron chi connectivity index (χ0n) is 11.5. The Morgan fingerprint density at radius 3 is 3.00 bits per heavy atom. The minimum atomic E-state index is 0.628. The first-order chi connectivity index (χ1) is 9.19. The van der Waals surface area contributed by atoms with Crippen molar-refractivity contribution in [2.45, 2.75) is 19.5 Å². The van der Waals surface area contributed by atoms with Crippen molar-refractivity contribution in [3.8, 4) is 5.75 Å². The molecule has 2 heterocycles. The van der Waals surface area contributed by atoms with Crippen LogP contribution in [0.2, 0.25) is 5.02 Å². The third kappa shape index (κ3) is 2.47. The van der Waals surface area contributed by atoms with Gasteiger partial charge in [-0.3, -0.25) is 4.90 Å². The van der Waals surface area contributed by atoms with E-state index in [4.69, 9.17) is 16.3 Å². The highest BCUT2D eigenvalue weighted by Gasteiger charge is 2.41. The standard InChI is InChI=1S/C15H21ClN2O/c1-10-14-7-17-6-12(14)9-18(10)8-11-5-13(16)3-4-15(11)19-2/h3-5,10,12,14,17H,6-9H2,1-2H3. The van der Waals surface area contributed by atoms with Crippen molar-refractivity contribution in [2.24, 2.45) is 11.8 Å². The molecule has 2 aliphatic heterocycles. The zero-order valence-corrected chi connectivity index (χ0v) is 12.3. The Morgan fingerprint density at radius 1 is 1.42 bits per heavy atom. The smallest absolute Gasteiger partial charge is 0.123 e. The van der Waals surface area contributed by atoms with Crippen LogP contribution in [0.4, 0.5) is 0 Å². The van der Waals surface area contributed by atoms with Crippen LogP contribution >= 0.6 is 11.6 Å². The van der Waals surface area contributed by atoms with E-state index in [1.54, 1.807) is 7.11 Å². The molecule has 0 saturated carbocycles. The molecular formula is C15H21ClN2O. The summed E-state index contributed by atoms with van der Waals surface area (Å²) < 4.78 is 5.44. The third-order valence-electron chi connectivity index (χ3n) is 4.67. The molecular weight excluding hydrogens is 260 g/mol. The van der Waals surface area contributed by atoms with E-state index in [2.05, 4.69) is 17.1 Å². The summed E-state index contributed by atoms with van der Waals surface area (Å²) in [7, 11) is 1.72. The highest BCUT2D eigenvalue weighted by molar-refractivity contribution is 6.30. The van der Waals surface area contributed by atoms with Crippen molar-refractivity contribution in [1.29, 1.82) is 0 Å². The van der Waals surface area contributed by atoms with Gasteiger partial charge in [-0.15, -0.1) is 0 Å². The highest BCUT2D eigenvalue weighted by atomic mass is 35.5. The minimum absolute atomic E-state index is 0.628. The summed E-state index contributed by atoms with van der Waals surface area (Å²) in [5.41, 5.74) is 1.19. The SMILES string of the molecule is COc1ccc(Cl)cc1CN1CC2CNCC2C1C. The van der Waals surface area contributed by atoms with Gasteiger partial charge in [-0.05, 0) is 50.0 Å². The lowest BCUT2D eigenvalue weighted by Gasteiger charge is -2.25. The molecule has 0 aromatic heterocycles. The van der Waals surface area contributed by atoms with Crippen LogP contribution in [0.15, 0.2) is 18.2 Å². The molecule has 3 rings (SSSR count). The van der Waals surface area contributed by atoms with E-state index in [9.17, 15) is 0 Å². The van der Waals surface area contributed by atoms with Crippen molar-refractivity contribution >= 4 is 11.6 Å². The Bertz CT molecular complexity index is 465. The van der Waals surface area contributed by atoms with Gasteiger partial charge in [0, 0.05) is 29.7 Å². The second-order valence-corrected chi connectivity index (χ2v) is 6.14. The van der Waals surface area contributed by atoms with E-state index in [1.807, 2.05) is 18.2 Å². The predicted molar refractivity (Wildman–Crippen MR) is 77.7 cm³/mol. The Labute approximate surface area is 119 Å². The van der Waals surface area contributed by atoms with Crippen molar-refractivity contribution in [2.75, 3.05) is 26.7 Å². The van der Waals surface area contributed by atoms with E-state index < -0.39 is 0 Å². The number of methoxy groups -OCH3 is 1. The van der Waals surface area contributed by atoms with Gasteiger partial charge in [0.1, 0.15) is 5.75 Å². The number of halogens is 1. The lowest BCUT2D eigenvalue weighted by molar-refractivity contribution is 0.228. The van der Waals surface area contributed by atoms with Crippen LogP contribution < -0.4 is 10.1 Å². The molecule has 2 fully saturated rings. The Morgan fingerprint density at radius 2 is 2.26 bits per heavy atom. The zero-order chi connectivity index (χ0) is 13.4. The van der Waals surface area contributed by atoms with Crippen LogP contribution in [0.5, 0.6) is 5.75 Å². The molecule has 0 bridgehead atoms. The lowest BCUT2D eigenvalue weighted by atomic mass is 9.95. The number of hydrogen-bond acceptors (Lipinski definition) is 3. The molecule has 2 saturated heterocycles. The number of fused-ring (bicyclic) bond motifs is 1. The summed E-state index contributed by atoms with van der Waals surface area (Å²) in [5, 5.41) is 4.28. The van der Waals surface area contributed by atoms with E-state index in [-0.39, 0.29) is 0 Å². The van der Waals surface area contributed by atoms with E-state index in [0.29, 0.717) is 6.04 Å². The molecule has 0 spiro atoms. The molecule has 1 aromatic carbocycles. The van der Waals surface area contributed by atoms with Crippen molar-refractivity contribution in [3.63, 3.8) is 0 Å². The topological polar surface area (TPSA) is 24.5 Å². The number of nitrogens with zero attached hydrogens (tertiary/aromatic N) is 1. The first-order valence-corrected chi connectivity index (χ1v) is 7.34. The molecule has 3 unspecified atom stereocenters. The monoisotopic (exact) mass is 280 g/mol. The van der Waals surface area contributed by atoms with Gasteiger partial charge in [0.15, 0.2) is 0 Å². The van der Waals surface area contributed by atoms with Crippen molar-refractivity contribution in [3.05, 3.63) is 28.8 Å². The van der Waals surface area contributed by atoms with Gasteiger partial charge in [-0.1, -0.05) is 11.6 Å². The number of likely N-dealkylation sites (tertiary alicyclic amines) is 1. The summed E-state index contributed by atoms with van der Waals surface area (Å²) in [6.45, 7) is 6.77. The van der Waals surface area contributed by atoms with Crippen LogP contribution in [0, 0.1) is 11.8 Å². The molecule has 0 radical (unpaired) electrons. The average Bonchev–Trinajstić information content (AvgIpc) is 2.95. The molecule has 4 heteroatoms. The van der Waals surface area contributed by atoms with Gasteiger partial charge in [-0.2, -0.15) is 0 Å². The van der Waals surface area contributed by atoms with Gasteiger partial charge < -0.3 is 10.1 Å². The van der Waals surface area contributed by atoms with Crippen LogP contribution in [-0.4, -0.2) is 37.7 Å². The molecule has 19 heavy (non-hydrogen) atoms. The number of ether oxygens (including phenoxy) is 1. The van der Waals surface area contributed by atoms with Gasteiger partial charge in [0.2, 0.25) is 0 Å². The molecule has 3 atom stereocenters. The molecule has 104 valence electrons. The number of rotatable bonds is 3. The first kappa shape index (κ1) is 13.2. The Kier molecular flexibility index (Phi) is 3.70. The van der Waals surface area contributed by atoms with Crippen LogP contribution in [0.1, 0.15) is 12.5 Å². The minimum Gasteiger partial charge on any atom is -0.496 e. The largest absolute Gasteiger partial charge is 0.496 e. The highest BCUT2D eigenvalue weighted by Crippen LogP contribution is 2.34. The summed E-state index contributed by atoms with van der Waals surface area (Å²) in [5.74, 6) is 2.54. The number of nitrogens with one attached hydrogen (secondary N) is 1. The molecule has 1 aromatic rings. The summed E-state index contributed by atoms with van der Waals surface area (Å²) >= 11 is 6.11. The fourth-order valence-electron chi connectivity index (χ4n) is 3.55. The third-order valence-corrected chi connectivity index (χ3v) is 4.91. The molecule has 3 nitrogen and oxygen atoms in total. The summed E-state index contributed by atoms with van der Waals surface area (Å²) in [4.78, 5) is 2.56. The van der Waals surface area contributed by atoms with Gasteiger partial charge in [0.25, 0.3) is 0 Å². The number of hydrogen-bond donors (Lipinski definition) is 1. The van der Waals surface area contributed by atoms with E-state index in [0.717, 1.165) is 42.2 Å². The van der Waals surface area contributed by atoms with E-state index in [1.165, 1.54) is 12.1 Å². The maximum Gasteiger partial charge on any atom is 0.123 e. The molecule has 1 N–H and O–H groups in total. The second kappa shape index (κ2) is 5.31. The van der Waals surface area contributed by atoms with Crippen molar-refractivity contribution in [1.82, 2.24) is 10.2 Å². The summed E-state index contributed by atoms with van der Waals surface area (Å²) in [6.07, 6.45) is 0. The average molecular weight is 281 g/mol. The van der Waals surface area contributed by atoms with Gasteiger partial charge in [0.05, 0.1) is 7.11 Å². The van der Waals surface area contributed by atoms with Crippen molar-refractivity contribution < 1.29 is 4.74 Å².